The van der Waals surface area contributed by atoms with E-state index in [0.29, 0.717) is 19.6 Å². The molecular formula is C19H23NO5S. The van der Waals surface area contributed by atoms with Crippen LogP contribution in [0.2, 0.25) is 0 Å². The molecule has 0 aliphatic carbocycles. The van der Waals surface area contributed by atoms with Gasteiger partial charge in [-0.25, -0.2) is 8.42 Å². The van der Waals surface area contributed by atoms with Gasteiger partial charge in [0.05, 0.1) is 24.4 Å². The molecule has 0 radical (unpaired) electrons. The molecule has 0 saturated carbocycles. The number of benzene rings is 1. The maximum absolute atomic E-state index is 12.8. The quantitative estimate of drug-likeness (QED) is 0.741. The van der Waals surface area contributed by atoms with Crippen molar-refractivity contribution in [3.63, 3.8) is 0 Å². The van der Waals surface area contributed by atoms with Crippen molar-refractivity contribution in [3.8, 4) is 5.75 Å². The molecule has 26 heavy (non-hydrogen) atoms. The fraction of sp³-hybridized carbons (Fsp3) is 0.421. The Morgan fingerprint density at radius 3 is 2.62 bits per heavy atom. The smallest absolute Gasteiger partial charge is 0.290 e. The Hall–Kier alpha value is -2.28. The van der Waals surface area contributed by atoms with Crippen LogP contribution in [-0.4, -0.2) is 43.4 Å². The molecule has 2 heterocycles. The molecule has 2 aromatic rings. The van der Waals surface area contributed by atoms with Crippen molar-refractivity contribution in [1.29, 1.82) is 0 Å². The Labute approximate surface area is 153 Å². The maximum Gasteiger partial charge on any atom is 0.290 e. The molecule has 7 heteroatoms. The van der Waals surface area contributed by atoms with Crippen LogP contribution >= 0.6 is 0 Å². The molecule has 1 fully saturated rings. The molecular weight excluding hydrogens is 354 g/mol. The van der Waals surface area contributed by atoms with Gasteiger partial charge in [0.25, 0.3) is 5.91 Å². The van der Waals surface area contributed by atoms with Gasteiger partial charge in [0.2, 0.25) is 0 Å². The predicted molar refractivity (Wildman–Crippen MR) is 97.9 cm³/mol. The van der Waals surface area contributed by atoms with Gasteiger partial charge in [0, 0.05) is 12.6 Å². The van der Waals surface area contributed by atoms with E-state index in [9.17, 15) is 13.2 Å². The lowest BCUT2D eigenvalue weighted by Crippen LogP contribution is -2.40. The third kappa shape index (κ3) is 4.46. The first-order valence-corrected chi connectivity index (χ1v) is 10.6. The molecule has 1 amide bonds. The van der Waals surface area contributed by atoms with Crippen LogP contribution in [0, 0.1) is 0 Å². The van der Waals surface area contributed by atoms with Gasteiger partial charge in [0.15, 0.2) is 15.6 Å². The second-order valence-corrected chi connectivity index (χ2v) is 8.69. The highest BCUT2D eigenvalue weighted by atomic mass is 32.2. The second kappa shape index (κ2) is 7.95. The van der Waals surface area contributed by atoms with Crippen molar-refractivity contribution >= 4 is 15.7 Å². The summed E-state index contributed by atoms with van der Waals surface area (Å²) in [6.07, 6.45) is 2.83. The summed E-state index contributed by atoms with van der Waals surface area (Å²) in [5.41, 5.74) is 0.915. The van der Waals surface area contributed by atoms with Gasteiger partial charge in [-0.1, -0.05) is 19.1 Å². The number of carbonyl (C=O) groups excluding carboxylic acids is 1. The normalized spacial score (nSPS) is 18.6. The minimum atomic E-state index is -3.10. The van der Waals surface area contributed by atoms with Gasteiger partial charge < -0.3 is 14.1 Å². The largest absolute Gasteiger partial charge is 0.494 e. The second-order valence-electron chi connectivity index (χ2n) is 6.46. The van der Waals surface area contributed by atoms with E-state index in [1.165, 1.54) is 6.26 Å². The Morgan fingerprint density at radius 1 is 1.27 bits per heavy atom. The van der Waals surface area contributed by atoms with Gasteiger partial charge in [-0.15, -0.1) is 0 Å². The standard InChI is InChI=1S/C19H23NO5S/c1-2-10-24-17-7-5-15(6-8-17)13-20(16-9-12-26(22,23)14-16)19(21)18-4-3-11-25-18/h3-8,11,16H,2,9-10,12-14H2,1H3. The monoisotopic (exact) mass is 377 g/mol. The summed E-state index contributed by atoms with van der Waals surface area (Å²) in [5.74, 6) is 0.823. The van der Waals surface area contributed by atoms with E-state index in [1.54, 1.807) is 17.0 Å². The number of furan rings is 1. The minimum absolute atomic E-state index is 0.00283. The predicted octanol–water partition coefficient (Wildman–Crippen LogP) is 2.90. The number of rotatable bonds is 7. The first-order valence-electron chi connectivity index (χ1n) is 8.75. The molecule has 6 nitrogen and oxygen atoms in total. The summed E-state index contributed by atoms with van der Waals surface area (Å²) >= 11 is 0. The van der Waals surface area contributed by atoms with Crippen LogP contribution in [0.4, 0.5) is 0 Å². The number of nitrogens with zero attached hydrogens (tertiary/aromatic N) is 1. The number of amides is 1. The van der Waals surface area contributed by atoms with E-state index in [1.807, 2.05) is 31.2 Å². The Bertz CT molecular complexity index is 827. The van der Waals surface area contributed by atoms with Crippen molar-refractivity contribution in [2.24, 2.45) is 0 Å². The summed E-state index contributed by atoms with van der Waals surface area (Å²) in [6.45, 7) is 3.03. The number of hydrogen-bond acceptors (Lipinski definition) is 5. The molecule has 0 bridgehead atoms. The summed E-state index contributed by atoms with van der Waals surface area (Å²) in [7, 11) is -3.10. The van der Waals surface area contributed by atoms with Crippen molar-refractivity contribution in [2.75, 3.05) is 18.1 Å². The summed E-state index contributed by atoms with van der Waals surface area (Å²) < 4.78 is 34.6. The fourth-order valence-electron chi connectivity index (χ4n) is 3.04. The Morgan fingerprint density at radius 2 is 2.04 bits per heavy atom. The zero-order valence-electron chi connectivity index (χ0n) is 14.8. The molecule has 1 aliphatic heterocycles. The Balaban J connectivity index is 1.78. The third-order valence-corrected chi connectivity index (χ3v) is 6.14. The highest BCUT2D eigenvalue weighted by molar-refractivity contribution is 7.91. The molecule has 1 aromatic heterocycles. The van der Waals surface area contributed by atoms with Crippen LogP contribution in [0.25, 0.3) is 0 Å². The summed E-state index contributed by atoms with van der Waals surface area (Å²) in [6, 6.07) is 10.4. The third-order valence-electron chi connectivity index (χ3n) is 4.39. The first-order chi connectivity index (χ1) is 12.5. The molecule has 1 aliphatic rings. The van der Waals surface area contributed by atoms with Crippen LogP contribution in [0.5, 0.6) is 5.75 Å². The van der Waals surface area contributed by atoms with Crippen LogP contribution < -0.4 is 4.74 Å². The van der Waals surface area contributed by atoms with E-state index >= 15 is 0 Å². The van der Waals surface area contributed by atoms with Crippen LogP contribution in [0.15, 0.2) is 47.1 Å². The number of sulfone groups is 1. The molecule has 0 N–H and O–H groups in total. The minimum Gasteiger partial charge on any atom is -0.494 e. The molecule has 1 unspecified atom stereocenters. The molecule has 1 saturated heterocycles. The van der Waals surface area contributed by atoms with E-state index in [0.717, 1.165) is 17.7 Å². The molecule has 1 atom stereocenters. The Kier molecular flexibility index (Phi) is 5.66. The highest BCUT2D eigenvalue weighted by Crippen LogP contribution is 2.23. The summed E-state index contributed by atoms with van der Waals surface area (Å²) in [4.78, 5) is 14.4. The van der Waals surface area contributed by atoms with Crippen molar-refractivity contribution < 1.29 is 22.4 Å². The molecule has 1 aromatic carbocycles. The molecule has 140 valence electrons. The van der Waals surface area contributed by atoms with Gasteiger partial charge >= 0.3 is 0 Å². The van der Waals surface area contributed by atoms with Crippen molar-refractivity contribution in [1.82, 2.24) is 4.90 Å². The van der Waals surface area contributed by atoms with Crippen molar-refractivity contribution in [2.45, 2.75) is 32.4 Å². The van der Waals surface area contributed by atoms with E-state index in [2.05, 4.69) is 0 Å². The number of hydrogen-bond donors (Lipinski definition) is 0. The number of ether oxygens (including phenoxy) is 1. The van der Waals surface area contributed by atoms with E-state index in [4.69, 9.17) is 9.15 Å². The first kappa shape index (κ1) is 18.5. The SMILES string of the molecule is CCCOc1ccc(CN(C(=O)c2ccco2)C2CCS(=O)(=O)C2)cc1. The van der Waals surface area contributed by atoms with Crippen LogP contribution in [-0.2, 0) is 16.4 Å². The van der Waals surface area contributed by atoms with Crippen LogP contribution in [0.1, 0.15) is 35.9 Å². The van der Waals surface area contributed by atoms with Crippen molar-refractivity contribution in [3.05, 3.63) is 54.0 Å². The van der Waals surface area contributed by atoms with Gasteiger partial charge in [0.1, 0.15) is 5.75 Å². The average Bonchev–Trinajstić information content (AvgIpc) is 3.28. The lowest BCUT2D eigenvalue weighted by atomic mass is 10.1. The fourth-order valence-corrected chi connectivity index (χ4v) is 4.77. The highest BCUT2D eigenvalue weighted by Gasteiger charge is 2.35. The lowest BCUT2D eigenvalue weighted by Gasteiger charge is -2.27. The zero-order valence-corrected chi connectivity index (χ0v) is 15.6. The van der Waals surface area contributed by atoms with Gasteiger partial charge in [-0.2, -0.15) is 0 Å². The summed E-state index contributed by atoms with van der Waals surface area (Å²) in [5, 5.41) is 0. The van der Waals surface area contributed by atoms with E-state index in [-0.39, 0.29) is 29.2 Å². The van der Waals surface area contributed by atoms with Crippen LogP contribution in [0.3, 0.4) is 0 Å². The van der Waals surface area contributed by atoms with Gasteiger partial charge in [-0.05, 0) is 42.7 Å². The zero-order chi connectivity index (χ0) is 18.6. The van der Waals surface area contributed by atoms with Gasteiger partial charge in [-0.3, -0.25) is 4.79 Å². The maximum atomic E-state index is 12.8. The average molecular weight is 377 g/mol. The number of carbonyl (C=O) groups is 1. The molecule has 0 spiro atoms. The van der Waals surface area contributed by atoms with E-state index < -0.39 is 9.84 Å². The topological polar surface area (TPSA) is 76.8 Å². The molecule has 3 rings (SSSR count). The lowest BCUT2D eigenvalue weighted by molar-refractivity contribution is 0.0648.